The number of hydrogen-bond acceptors (Lipinski definition) is 4. The highest BCUT2D eigenvalue weighted by atomic mass is 35.5. The molecule has 0 bridgehead atoms. The molecule has 0 radical (unpaired) electrons. The number of benzene rings is 1. The minimum absolute atomic E-state index is 0.451. The molecule has 1 aromatic heterocycles. The van der Waals surface area contributed by atoms with E-state index in [4.69, 9.17) is 11.6 Å². The fourth-order valence-corrected chi connectivity index (χ4v) is 2.24. The van der Waals surface area contributed by atoms with Crippen LogP contribution in [0.2, 0.25) is 5.15 Å². The van der Waals surface area contributed by atoms with E-state index in [-0.39, 0.29) is 0 Å². The molecule has 1 aromatic carbocycles. The van der Waals surface area contributed by atoms with Gasteiger partial charge in [-0.1, -0.05) is 30.7 Å². The molecule has 1 heterocycles. The molecule has 0 aliphatic rings. The Morgan fingerprint density at radius 2 is 1.94 bits per heavy atom. The Morgan fingerprint density at radius 1 is 1.25 bits per heavy atom. The van der Waals surface area contributed by atoms with Gasteiger partial charge in [0.15, 0.2) is 11.0 Å². The fourth-order valence-electron chi connectivity index (χ4n) is 1.45. The standard InChI is InChI=1S/C11H12ClN3S/c1-3-8-4-6-9(7-5-8)15(2)11-10(12)13-16-14-11/h4-7H,3H2,1-2H3. The second-order valence-corrected chi connectivity index (χ2v) is 4.34. The molecule has 2 aromatic rings. The quantitative estimate of drug-likeness (QED) is 0.838. The monoisotopic (exact) mass is 253 g/mol. The van der Waals surface area contributed by atoms with Gasteiger partial charge in [-0.05, 0) is 24.1 Å². The molecule has 0 atom stereocenters. The van der Waals surface area contributed by atoms with Crippen LogP contribution in [0.15, 0.2) is 24.3 Å². The average Bonchev–Trinajstić information content (AvgIpc) is 2.75. The minimum Gasteiger partial charge on any atom is -0.326 e. The summed E-state index contributed by atoms with van der Waals surface area (Å²) in [5.41, 5.74) is 2.38. The molecule has 3 nitrogen and oxygen atoms in total. The number of nitrogens with zero attached hydrogens (tertiary/aromatic N) is 3. The molecule has 0 saturated carbocycles. The van der Waals surface area contributed by atoms with Crippen molar-refractivity contribution in [2.75, 3.05) is 11.9 Å². The van der Waals surface area contributed by atoms with E-state index >= 15 is 0 Å². The van der Waals surface area contributed by atoms with Crippen LogP contribution in [0, 0.1) is 0 Å². The highest BCUT2D eigenvalue weighted by Gasteiger charge is 2.11. The first-order chi connectivity index (χ1) is 7.72. The van der Waals surface area contributed by atoms with Crippen LogP contribution in [0.5, 0.6) is 0 Å². The highest BCUT2D eigenvalue weighted by Crippen LogP contribution is 2.28. The molecule has 0 spiro atoms. The van der Waals surface area contributed by atoms with E-state index in [1.165, 1.54) is 5.56 Å². The molecule has 0 aliphatic carbocycles. The zero-order valence-electron chi connectivity index (χ0n) is 9.14. The summed E-state index contributed by atoms with van der Waals surface area (Å²) < 4.78 is 8.11. The van der Waals surface area contributed by atoms with E-state index in [2.05, 4.69) is 39.9 Å². The molecule has 0 N–H and O–H groups in total. The first kappa shape index (κ1) is 11.4. The second kappa shape index (κ2) is 4.80. The number of halogens is 1. The second-order valence-electron chi connectivity index (χ2n) is 3.46. The van der Waals surface area contributed by atoms with E-state index in [0.717, 1.165) is 23.8 Å². The van der Waals surface area contributed by atoms with Gasteiger partial charge in [-0.3, -0.25) is 0 Å². The molecule has 0 fully saturated rings. The molecule has 2 rings (SSSR count). The lowest BCUT2D eigenvalue weighted by molar-refractivity contribution is 1.12. The van der Waals surface area contributed by atoms with E-state index in [9.17, 15) is 0 Å². The van der Waals surface area contributed by atoms with Gasteiger partial charge >= 0.3 is 0 Å². The molecule has 5 heteroatoms. The lowest BCUT2D eigenvalue weighted by Crippen LogP contribution is -2.10. The SMILES string of the molecule is CCc1ccc(N(C)c2nsnc2Cl)cc1. The predicted molar refractivity (Wildman–Crippen MR) is 68.8 cm³/mol. The van der Waals surface area contributed by atoms with Crippen LogP contribution < -0.4 is 4.90 Å². The summed E-state index contributed by atoms with van der Waals surface area (Å²) >= 11 is 7.06. The van der Waals surface area contributed by atoms with Gasteiger partial charge in [-0.2, -0.15) is 8.75 Å². The number of aryl methyl sites for hydroxylation is 1. The Morgan fingerprint density at radius 3 is 2.44 bits per heavy atom. The van der Waals surface area contributed by atoms with Crippen LogP contribution in [-0.2, 0) is 6.42 Å². The normalized spacial score (nSPS) is 10.4. The van der Waals surface area contributed by atoms with Crippen molar-refractivity contribution in [2.45, 2.75) is 13.3 Å². The lowest BCUT2D eigenvalue weighted by Gasteiger charge is -2.16. The number of aromatic nitrogens is 2. The number of hydrogen-bond donors (Lipinski definition) is 0. The summed E-state index contributed by atoms with van der Waals surface area (Å²) in [5, 5.41) is 0.451. The zero-order valence-corrected chi connectivity index (χ0v) is 10.7. The van der Waals surface area contributed by atoms with E-state index in [0.29, 0.717) is 11.0 Å². The maximum atomic E-state index is 5.94. The van der Waals surface area contributed by atoms with E-state index < -0.39 is 0 Å². The predicted octanol–water partition coefficient (Wildman–Crippen LogP) is 3.52. The minimum atomic E-state index is 0.451. The van der Waals surface area contributed by atoms with Gasteiger partial charge in [-0.15, -0.1) is 0 Å². The third kappa shape index (κ3) is 2.18. The third-order valence-corrected chi connectivity index (χ3v) is 3.35. The topological polar surface area (TPSA) is 29.0 Å². The van der Waals surface area contributed by atoms with Crippen LogP contribution >= 0.6 is 23.3 Å². The summed E-state index contributed by atoms with van der Waals surface area (Å²) in [5.74, 6) is 0.705. The van der Waals surface area contributed by atoms with Gasteiger partial charge in [0.25, 0.3) is 0 Å². The number of rotatable bonds is 3. The molecular weight excluding hydrogens is 242 g/mol. The molecule has 84 valence electrons. The van der Waals surface area contributed by atoms with Crippen molar-refractivity contribution in [1.29, 1.82) is 0 Å². The first-order valence-corrected chi connectivity index (χ1v) is 6.14. The van der Waals surface area contributed by atoms with Crippen molar-refractivity contribution in [2.24, 2.45) is 0 Å². The molecule has 0 saturated heterocycles. The molecule has 0 amide bonds. The Bertz CT molecular complexity index is 466. The van der Waals surface area contributed by atoms with Gasteiger partial charge in [-0.25, -0.2) is 0 Å². The zero-order chi connectivity index (χ0) is 11.5. The maximum absolute atomic E-state index is 5.94. The Balaban J connectivity index is 2.27. The summed E-state index contributed by atoms with van der Waals surface area (Å²) in [6, 6.07) is 8.35. The lowest BCUT2D eigenvalue weighted by atomic mass is 10.1. The van der Waals surface area contributed by atoms with Gasteiger partial charge < -0.3 is 4.90 Å². The smallest absolute Gasteiger partial charge is 0.187 e. The van der Waals surface area contributed by atoms with Crippen LogP contribution in [0.4, 0.5) is 11.5 Å². The Kier molecular flexibility index (Phi) is 3.41. The number of anilines is 2. The molecule has 16 heavy (non-hydrogen) atoms. The molecule has 0 unspecified atom stereocenters. The van der Waals surface area contributed by atoms with E-state index in [1.54, 1.807) is 0 Å². The van der Waals surface area contributed by atoms with Crippen molar-refractivity contribution >= 4 is 34.8 Å². The van der Waals surface area contributed by atoms with Gasteiger partial charge in [0.2, 0.25) is 0 Å². The maximum Gasteiger partial charge on any atom is 0.187 e. The van der Waals surface area contributed by atoms with Crippen molar-refractivity contribution in [3.63, 3.8) is 0 Å². The summed E-state index contributed by atoms with van der Waals surface area (Å²) in [6.07, 6.45) is 1.04. The van der Waals surface area contributed by atoms with Crippen LogP contribution in [0.1, 0.15) is 12.5 Å². The van der Waals surface area contributed by atoms with Crippen LogP contribution in [0.25, 0.3) is 0 Å². The van der Waals surface area contributed by atoms with Crippen molar-refractivity contribution in [1.82, 2.24) is 8.75 Å². The largest absolute Gasteiger partial charge is 0.326 e. The van der Waals surface area contributed by atoms with Crippen molar-refractivity contribution < 1.29 is 0 Å². The highest BCUT2D eigenvalue weighted by molar-refractivity contribution is 6.99. The summed E-state index contributed by atoms with van der Waals surface area (Å²) in [4.78, 5) is 1.94. The molecular formula is C11H12ClN3S. The first-order valence-electron chi connectivity index (χ1n) is 5.03. The van der Waals surface area contributed by atoms with Gasteiger partial charge in [0.05, 0.1) is 11.7 Å². The van der Waals surface area contributed by atoms with E-state index in [1.807, 2.05) is 11.9 Å². The molecule has 0 aliphatic heterocycles. The van der Waals surface area contributed by atoms with Crippen LogP contribution in [-0.4, -0.2) is 15.8 Å². The van der Waals surface area contributed by atoms with Crippen molar-refractivity contribution in [3.8, 4) is 0 Å². The third-order valence-electron chi connectivity index (χ3n) is 2.48. The van der Waals surface area contributed by atoms with Gasteiger partial charge in [0, 0.05) is 12.7 Å². The van der Waals surface area contributed by atoms with Gasteiger partial charge in [0.1, 0.15) is 0 Å². The Labute approximate surface area is 104 Å². The Hall–Kier alpha value is -1.13. The van der Waals surface area contributed by atoms with Crippen molar-refractivity contribution in [3.05, 3.63) is 35.0 Å². The average molecular weight is 254 g/mol. The summed E-state index contributed by atoms with van der Waals surface area (Å²) in [6.45, 7) is 2.14. The summed E-state index contributed by atoms with van der Waals surface area (Å²) in [7, 11) is 1.93. The fraction of sp³-hybridized carbons (Fsp3) is 0.273. The van der Waals surface area contributed by atoms with Crippen LogP contribution in [0.3, 0.4) is 0 Å².